The van der Waals surface area contributed by atoms with E-state index in [1.165, 1.54) is 16.8 Å². The zero-order valence-corrected chi connectivity index (χ0v) is 16.7. The molecule has 0 aliphatic carbocycles. The number of rotatable bonds is 5. The first-order valence-corrected chi connectivity index (χ1v) is 9.88. The first-order valence-electron chi connectivity index (χ1n) is 9.88. The number of aliphatic hydroxyl groups is 1. The number of aromatic nitrogens is 2. The van der Waals surface area contributed by atoms with Crippen LogP contribution in [0.2, 0.25) is 0 Å². The van der Waals surface area contributed by atoms with Gasteiger partial charge in [0.05, 0.1) is 18.8 Å². The maximum atomic E-state index is 13.5. The zero-order chi connectivity index (χ0) is 21.3. The topological polar surface area (TPSA) is 58.4 Å². The summed E-state index contributed by atoms with van der Waals surface area (Å²) in [6.45, 7) is 3.70. The molecule has 3 aromatic rings. The molecule has 2 aromatic carbocycles. The van der Waals surface area contributed by atoms with Crippen molar-refractivity contribution in [3.05, 3.63) is 98.0 Å². The van der Waals surface area contributed by atoms with Crippen LogP contribution in [0.25, 0.3) is 0 Å². The van der Waals surface area contributed by atoms with Crippen LogP contribution in [0.3, 0.4) is 0 Å². The molecule has 0 bridgehead atoms. The van der Waals surface area contributed by atoms with Crippen molar-refractivity contribution >= 4 is 0 Å². The fourth-order valence-corrected chi connectivity index (χ4v) is 3.98. The van der Waals surface area contributed by atoms with Gasteiger partial charge in [0.2, 0.25) is 0 Å². The van der Waals surface area contributed by atoms with Crippen molar-refractivity contribution in [3.8, 4) is 0 Å². The van der Waals surface area contributed by atoms with Crippen molar-refractivity contribution < 1.29 is 13.9 Å². The van der Waals surface area contributed by atoms with Gasteiger partial charge in [0.25, 0.3) is 5.56 Å². The van der Waals surface area contributed by atoms with Crippen LogP contribution in [0.1, 0.15) is 33.5 Å². The van der Waals surface area contributed by atoms with Crippen molar-refractivity contribution in [1.29, 1.82) is 0 Å². The Balaban J connectivity index is 1.58. The summed E-state index contributed by atoms with van der Waals surface area (Å²) < 4.78 is 28.5. The molecular formula is C23H23F2N3O2. The SMILES string of the molecule is Cc1nn(Cc2ccc(CO)cc2)c(=O)c2c1CCN(Cc1cc(F)cc(F)c1)C2. The molecular weight excluding hydrogens is 388 g/mol. The first kappa shape index (κ1) is 20.4. The fourth-order valence-electron chi connectivity index (χ4n) is 3.98. The monoisotopic (exact) mass is 411 g/mol. The van der Waals surface area contributed by atoms with E-state index in [9.17, 15) is 18.7 Å². The largest absolute Gasteiger partial charge is 0.392 e. The summed E-state index contributed by atoms with van der Waals surface area (Å²) in [5.74, 6) is -1.20. The van der Waals surface area contributed by atoms with Gasteiger partial charge in [-0.3, -0.25) is 9.69 Å². The van der Waals surface area contributed by atoms with Crippen molar-refractivity contribution in [2.45, 2.75) is 39.6 Å². The van der Waals surface area contributed by atoms with E-state index in [1.54, 1.807) is 0 Å². The molecule has 1 N–H and O–H groups in total. The summed E-state index contributed by atoms with van der Waals surface area (Å²) in [5.41, 5.74) is 4.62. The van der Waals surface area contributed by atoms with E-state index in [2.05, 4.69) is 5.10 Å². The lowest BCUT2D eigenvalue weighted by molar-refractivity contribution is 0.241. The second kappa shape index (κ2) is 8.45. The van der Waals surface area contributed by atoms with E-state index >= 15 is 0 Å². The van der Waals surface area contributed by atoms with E-state index in [0.717, 1.165) is 28.5 Å². The molecule has 0 atom stereocenters. The van der Waals surface area contributed by atoms with E-state index in [4.69, 9.17) is 0 Å². The van der Waals surface area contributed by atoms with Crippen LogP contribution < -0.4 is 5.56 Å². The van der Waals surface area contributed by atoms with E-state index in [-0.39, 0.29) is 12.2 Å². The third-order valence-corrected chi connectivity index (χ3v) is 5.49. The number of aryl methyl sites for hydroxylation is 1. The quantitative estimate of drug-likeness (QED) is 0.702. The summed E-state index contributed by atoms with van der Waals surface area (Å²) in [7, 11) is 0. The molecule has 0 saturated heterocycles. The van der Waals surface area contributed by atoms with Crippen molar-refractivity contribution in [3.63, 3.8) is 0 Å². The molecule has 7 heteroatoms. The summed E-state index contributed by atoms with van der Waals surface area (Å²) >= 11 is 0. The molecule has 30 heavy (non-hydrogen) atoms. The molecule has 1 aliphatic rings. The summed E-state index contributed by atoms with van der Waals surface area (Å²) in [4.78, 5) is 15.1. The van der Waals surface area contributed by atoms with Gasteiger partial charge >= 0.3 is 0 Å². The van der Waals surface area contributed by atoms with Crippen LogP contribution >= 0.6 is 0 Å². The van der Waals surface area contributed by atoms with Gasteiger partial charge in [-0.1, -0.05) is 24.3 Å². The van der Waals surface area contributed by atoms with E-state index in [1.807, 2.05) is 36.1 Å². The Morgan fingerprint density at radius 1 is 0.967 bits per heavy atom. The van der Waals surface area contributed by atoms with Gasteiger partial charge in [-0.15, -0.1) is 0 Å². The third kappa shape index (κ3) is 4.32. The summed E-state index contributed by atoms with van der Waals surface area (Å²) in [5, 5.41) is 13.7. The van der Waals surface area contributed by atoms with Gasteiger partial charge in [0.15, 0.2) is 0 Å². The minimum atomic E-state index is -0.600. The lowest BCUT2D eigenvalue weighted by atomic mass is 9.99. The molecule has 1 aromatic heterocycles. The third-order valence-electron chi connectivity index (χ3n) is 5.49. The highest BCUT2D eigenvalue weighted by Crippen LogP contribution is 2.21. The number of halogens is 2. The molecule has 5 nitrogen and oxygen atoms in total. The minimum absolute atomic E-state index is 0.0263. The Bertz CT molecular complexity index is 1110. The highest BCUT2D eigenvalue weighted by molar-refractivity contribution is 5.31. The normalized spacial score (nSPS) is 14.0. The molecule has 2 heterocycles. The van der Waals surface area contributed by atoms with Crippen molar-refractivity contribution in [1.82, 2.24) is 14.7 Å². The van der Waals surface area contributed by atoms with Crippen LogP contribution in [0, 0.1) is 18.6 Å². The fraction of sp³-hybridized carbons (Fsp3) is 0.304. The van der Waals surface area contributed by atoms with Gasteiger partial charge in [0.1, 0.15) is 11.6 Å². The van der Waals surface area contributed by atoms with E-state index in [0.29, 0.717) is 43.7 Å². The number of hydrogen-bond donors (Lipinski definition) is 1. The Morgan fingerprint density at radius 2 is 1.63 bits per heavy atom. The maximum Gasteiger partial charge on any atom is 0.271 e. The standard InChI is InChI=1S/C23H23F2N3O2/c1-15-21-6-7-27(11-18-8-19(24)10-20(25)9-18)13-22(21)23(30)28(26-15)12-16-2-4-17(14-29)5-3-16/h2-5,8-10,29H,6-7,11-14H2,1H3. The predicted molar refractivity (Wildman–Crippen MR) is 109 cm³/mol. The smallest absolute Gasteiger partial charge is 0.271 e. The van der Waals surface area contributed by atoms with Gasteiger partial charge < -0.3 is 5.11 Å². The molecule has 0 unspecified atom stereocenters. The predicted octanol–water partition coefficient (Wildman–Crippen LogP) is 2.93. The summed E-state index contributed by atoms with van der Waals surface area (Å²) in [6.07, 6.45) is 0.674. The van der Waals surface area contributed by atoms with Gasteiger partial charge in [-0.05, 0) is 47.7 Å². The molecule has 1 aliphatic heterocycles. The van der Waals surface area contributed by atoms with Crippen LogP contribution in [0.5, 0.6) is 0 Å². The second-order valence-corrected chi connectivity index (χ2v) is 7.72. The molecule has 4 rings (SSSR count). The molecule has 0 spiro atoms. The number of hydrogen-bond acceptors (Lipinski definition) is 4. The average molecular weight is 411 g/mol. The second-order valence-electron chi connectivity index (χ2n) is 7.72. The van der Waals surface area contributed by atoms with Gasteiger partial charge in [0, 0.05) is 31.3 Å². The number of nitrogens with zero attached hydrogens (tertiary/aromatic N) is 3. The Kier molecular flexibility index (Phi) is 5.74. The van der Waals surface area contributed by atoms with Gasteiger partial charge in [-0.25, -0.2) is 13.5 Å². The first-order chi connectivity index (χ1) is 14.4. The Morgan fingerprint density at radius 3 is 2.30 bits per heavy atom. The Labute approximate surface area is 173 Å². The highest BCUT2D eigenvalue weighted by atomic mass is 19.1. The lowest BCUT2D eigenvalue weighted by Crippen LogP contribution is -2.38. The number of aliphatic hydroxyl groups excluding tert-OH is 1. The van der Waals surface area contributed by atoms with E-state index < -0.39 is 11.6 Å². The molecule has 0 saturated carbocycles. The van der Waals surface area contributed by atoms with Crippen LogP contribution in [-0.2, 0) is 32.7 Å². The van der Waals surface area contributed by atoms with Crippen molar-refractivity contribution in [2.75, 3.05) is 6.54 Å². The number of benzene rings is 2. The molecule has 156 valence electrons. The minimum Gasteiger partial charge on any atom is -0.392 e. The van der Waals surface area contributed by atoms with Gasteiger partial charge in [-0.2, -0.15) is 5.10 Å². The number of fused-ring (bicyclic) bond motifs is 1. The maximum absolute atomic E-state index is 13.5. The molecule has 0 radical (unpaired) electrons. The van der Waals surface area contributed by atoms with Crippen molar-refractivity contribution in [2.24, 2.45) is 0 Å². The Hall–Kier alpha value is -2.90. The lowest BCUT2D eigenvalue weighted by Gasteiger charge is -2.29. The zero-order valence-electron chi connectivity index (χ0n) is 16.7. The van der Waals surface area contributed by atoms with Crippen LogP contribution in [0.15, 0.2) is 47.3 Å². The molecule has 0 fully saturated rings. The average Bonchev–Trinajstić information content (AvgIpc) is 2.71. The molecule has 0 amide bonds. The summed E-state index contributed by atoms with van der Waals surface area (Å²) in [6, 6.07) is 10.9. The van der Waals surface area contributed by atoms with Crippen LogP contribution in [0.4, 0.5) is 8.78 Å². The van der Waals surface area contributed by atoms with Crippen LogP contribution in [-0.4, -0.2) is 26.3 Å². The highest BCUT2D eigenvalue weighted by Gasteiger charge is 2.23.